The van der Waals surface area contributed by atoms with Crippen LogP contribution in [-0.4, -0.2) is 15.3 Å². The molecule has 0 bridgehead atoms. The Morgan fingerprint density at radius 3 is 1.60 bits per heavy atom. The van der Waals surface area contributed by atoms with E-state index in [1.165, 1.54) is 0 Å². The van der Waals surface area contributed by atoms with Gasteiger partial charge in [0.2, 0.25) is 0 Å². The zero-order valence-electron chi connectivity index (χ0n) is 21.0. The van der Waals surface area contributed by atoms with E-state index in [1.54, 1.807) is 36.4 Å². The Morgan fingerprint density at radius 2 is 1.09 bits per heavy atom. The van der Waals surface area contributed by atoms with E-state index < -0.39 is 0 Å². The molecule has 0 saturated heterocycles. The Morgan fingerprint density at radius 1 is 0.571 bits per heavy atom. The van der Waals surface area contributed by atoms with Crippen molar-refractivity contribution >= 4 is 17.1 Å². The molecule has 5 heteroatoms. The molecule has 4 aromatic rings. The van der Waals surface area contributed by atoms with Crippen LogP contribution in [0.3, 0.4) is 0 Å². The van der Waals surface area contributed by atoms with Crippen molar-refractivity contribution in [3.05, 3.63) is 94.0 Å². The van der Waals surface area contributed by atoms with E-state index in [0.717, 1.165) is 50.4 Å². The summed E-state index contributed by atoms with van der Waals surface area (Å²) in [5.41, 5.74) is 8.18. The number of ether oxygens (including phenoxy) is 1. The summed E-state index contributed by atoms with van der Waals surface area (Å²) < 4.78 is 6.11. The molecule has 0 spiro atoms. The first-order valence-corrected chi connectivity index (χ1v) is 11.5. The second-order valence-corrected chi connectivity index (χ2v) is 9.08. The van der Waals surface area contributed by atoms with Gasteiger partial charge in [-0.25, -0.2) is 0 Å². The summed E-state index contributed by atoms with van der Waals surface area (Å²) in [5.74, 6) is 1.95. The normalized spacial score (nSPS) is 10.9. The van der Waals surface area contributed by atoms with Crippen molar-refractivity contribution in [1.82, 2.24) is 0 Å². The van der Waals surface area contributed by atoms with Gasteiger partial charge in [-0.2, -0.15) is 0 Å². The number of phenolic OH excluding ortho intramolecular Hbond substituents is 3. The minimum Gasteiger partial charge on any atom is -0.508 e. The molecule has 0 aromatic heterocycles. The molecule has 0 fully saturated rings. The van der Waals surface area contributed by atoms with E-state index in [2.05, 4.69) is 0 Å². The number of hydrogen-bond donors (Lipinski definition) is 3. The summed E-state index contributed by atoms with van der Waals surface area (Å²) in [4.78, 5) is 2.05. The maximum atomic E-state index is 10.4. The summed E-state index contributed by atoms with van der Waals surface area (Å²) in [5, 5.41) is 30.7. The maximum absolute atomic E-state index is 10.4. The lowest BCUT2D eigenvalue weighted by Crippen LogP contribution is -2.13. The highest BCUT2D eigenvalue weighted by atomic mass is 16.5. The van der Waals surface area contributed by atoms with Gasteiger partial charge in [0.15, 0.2) is 0 Å². The minimum absolute atomic E-state index is 0.181. The summed E-state index contributed by atoms with van der Waals surface area (Å²) in [6.07, 6.45) is 0. The van der Waals surface area contributed by atoms with Crippen molar-refractivity contribution in [1.29, 1.82) is 0 Å². The summed E-state index contributed by atoms with van der Waals surface area (Å²) in [6.45, 7) is 11.8. The molecule has 0 saturated carbocycles. The standard InChI is InChI=1S/C30H31NO4/c1-17-13-24(32)15-27(19(17)3)31(28-16-25(33)14-18(2)20(28)4)23-7-9-26(10-8-23)35-30-12-11-29(34)21(5)22(30)6/h7-16,32-34H,1-6H3. The molecular weight excluding hydrogens is 438 g/mol. The highest BCUT2D eigenvalue weighted by Gasteiger charge is 2.20. The smallest absolute Gasteiger partial charge is 0.130 e. The predicted octanol–water partition coefficient (Wildman–Crippen LogP) is 7.92. The molecule has 35 heavy (non-hydrogen) atoms. The second-order valence-electron chi connectivity index (χ2n) is 9.08. The molecule has 0 aliphatic carbocycles. The van der Waals surface area contributed by atoms with Crippen LogP contribution >= 0.6 is 0 Å². The molecule has 180 valence electrons. The zero-order valence-corrected chi connectivity index (χ0v) is 21.0. The Bertz CT molecular complexity index is 1350. The van der Waals surface area contributed by atoms with Crippen molar-refractivity contribution in [2.24, 2.45) is 0 Å². The second kappa shape index (κ2) is 9.26. The van der Waals surface area contributed by atoms with Gasteiger partial charge in [0.1, 0.15) is 28.7 Å². The number of rotatable bonds is 5. The summed E-state index contributed by atoms with van der Waals surface area (Å²) in [6, 6.07) is 18.1. The number of hydrogen-bond acceptors (Lipinski definition) is 5. The summed E-state index contributed by atoms with van der Waals surface area (Å²) in [7, 11) is 0. The Labute approximate surface area is 206 Å². The third-order valence-corrected chi connectivity index (χ3v) is 6.76. The van der Waals surface area contributed by atoms with E-state index >= 15 is 0 Å². The Kier molecular flexibility index (Phi) is 6.35. The van der Waals surface area contributed by atoms with Crippen LogP contribution in [0.2, 0.25) is 0 Å². The van der Waals surface area contributed by atoms with Crippen LogP contribution in [0.25, 0.3) is 0 Å². The molecule has 0 atom stereocenters. The quantitative estimate of drug-likeness (QED) is 0.277. The molecule has 5 nitrogen and oxygen atoms in total. The van der Waals surface area contributed by atoms with Gasteiger partial charge in [-0.3, -0.25) is 0 Å². The minimum atomic E-state index is 0.181. The van der Waals surface area contributed by atoms with Gasteiger partial charge < -0.3 is 25.0 Å². The van der Waals surface area contributed by atoms with Crippen LogP contribution < -0.4 is 9.64 Å². The number of aryl methyl sites for hydroxylation is 2. The van der Waals surface area contributed by atoms with Crippen molar-refractivity contribution in [3.63, 3.8) is 0 Å². The lowest BCUT2D eigenvalue weighted by atomic mass is 10.0. The lowest BCUT2D eigenvalue weighted by Gasteiger charge is -2.30. The topological polar surface area (TPSA) is 73.2 Å². The molecule has 4 aromatic carbocycles. The molecular formula is C30H31NO4. The first-order chi connectivity index (χ1) is 16.6. The van der Waals surface area contributed by atoms with Gasteiger partial charge in [-0.15, -0.1) is 0 Å². The molecule has 0 aliphatic heterocycles. The highest BCUT2D eigenvalue weighted by Crippen LogP contribution is 2.43. The van der Waals surface area contributed by atoms with Gasteiger partial charge in [0, 0.05) is 17.8 Å². The van der Waals surface area contributed by atoms with E-state index in [-0.39, 0.29) is 17.2 Å². The van der Waals surface area contributed by atoms with Gasteiger partial charge in [-0.1, -0.05) is 0 Å². The number of aromatic hydroxyl groups is 3. The molecule has 0 unspecified atom stereocenters. The van der Waals surface area contributed by atoms with Crippen molar-refractivity contribution in [3.8, 4) is 28.7 Å². The van der Waals surface area contributed by atoms with Crippen molar-refractivity contribution < 1.29 is 20.1 Å². The molecule has 0 heterocycles. The van der Waals surface area contributed by atoms with Crippen LogP contribution in [0.4, 0.5) is 17.1 Å². The third kappa shape index (κ3) is 4.62. The fourth-order valence-electron chi connectivity index (χ4n) is 4.20. The van der Waals surface area contributed by atoms with E-state index in [4.69, 9.17) is 4.74 Å². The lowest BCUT2D eigenvalue weighted by molar-refractivity contribution is 0.457. The van der Waals surface area contributed by atoms with Gasteiger partial charge in [0.25, 0.3) is 0 Å². The van der Waals surface area contributed by atoms with Crippen LogP contribution in [0, 0.1) is 41.5 Å². The Hall–Kier alpha value is -4.12. The van der Waals surface area contributed by atoms with Crippen LogP contribution in [-0.2, 0) is 0 Å². The van der Waals surface area contributed by atoms with Crippen LogP contribution in [0.15, 0.2) is 60.7 Å². The largest absolute Gasteiger partial charge is 0.508 e. The van der Waals surface area contributed by atoms with Crippen molar-refractivity contribution in [2.45, 2.75) is 41.5 Å². The average molecular weight is 470 g/mol. The van der Waals surface area contributed by atoms with Gasteiger partial charge in [0.05, 0.1) is 11.4 Å². The molecule has 0 aliphatic rings. The predicted molar refractivity (Wildman–Crippen MR) is 141 cm³/mol. The van der Waals surface area contributed by atoms with Crippen molar-refractivity contribution in [2.75, 3.05) is 4.90 Å². The van der Waals surface area contributed by atoms with Gasteiger partial charge in [-0.05, 0) is 123 Å². The van der Waals surface area contributed by atoms with Gasteiger partial charge >= 0.3 is 0 Å². The van der Waals surface area contributed by atoms with E-state index in [1.807, 2.05) is 70.7 Å². The van der Waals surface area contributed by atoms with E-state index in [0.29, 0.717) is 11.5 Å². The highest BCUT2D eigenvalue weighted by molar-refractivity contribution is 5.82. The van der Waals surface area contributed by atoms with Crippen LogP contribution in [0.1, 0.15) is 33.4 Å². The summed E-state index contributed by atoms with van der Waals surface area (Å²) >= 11 is 0. The average Bonchev–Trinajstić information content (AvgIpc) is 2.81. The zero-order chi connectivity index (χ0) is 25.4. The van der Waals surface area contributed by atoms with Crippen LogP contribution in [0.5, 0.6) is 28.7 Å². The fraction of sp³-hybridized carbons (Fsp3) is 0.200. The number of nitrogens with zero attached hydrogens (tertiary/aromatic N) is 1. The maximum Gasteiger partial charge on any atom is 0.130 e. The molecule has 3 N–H and O–H groups in total. The number of benzene rings is 4. The molecule has 0 amide bonds. The SMILES string of the molecule is Cc1cc(O)cc(N(c2ccc(Oc3ccc(O)c(C)c3C)cc2)c2cc(O)cc(C)c2C)c1C. The number of phenols is 3. The number of anilines is 3. The first-order valence-electron chi connectivity index (χ1n) is 11.5. The molecule has 4 rings (SSSR count). The Balaban J connectivity index is 1.82. The monoisotopic (exact) mass is 469 g/mol. The third-order valence-electron chi connectivity index (χ3n) is 6.76. The first kappa shape index (κ1) is 24.0. The fourth-order valence-corrected chi connectivity index (χ4v) is 4.20. The molecule has 0 radical (unpaired) electrons. The van der Waals surface area contributed by atoms with E-state index in [9.17, 15) is 15.3 Å².